The summed E-state index contributed by atoms with van der Waals surface area (Å²) in [7, 11) is 0. The molecule has 21 heavy (non-hydrogen) atoms. The second-order valence-electron chi connectivity index (χ2n) is 4.42. The SMILES string of the molecule is NCc1cccc(Cl)c1OCCc1ccccc1[N+](=O)[O-]. The molecule has 6 heteroatoms. The summed E-state index contributed by atoms with van der Waals surface area (Å²) in [5, 5.41) is 11.4. The molecular formula is C15H15ClN2O3. The Bertz CT molecular complexity index is 647. The molecule has 0 atom stereocenters. The molecule has 2 aromatic rings. The summed E-state index contributed by atoms with van der Waals surface area (Å²) in [6.07, 6.45) is 0.423. The second kappa shape index (κ2) is 7.06. The minimum atomic E-state index is -0.393. The minimum absolute atomic E-state index is 0.0966. The standard InChI is InChI=1S/C15H15ClN2O3/c16-13-6-3-5-12(10-17)15(13)21-9-8-11-4-1-2-7-14(11)18(19)20/h1-7H,8-10,17H2. The van der Waals surface area contributed by atoms with Gasteiger partial charge in [-0.15, -0.1) is 0 Å². The van der Waals surface area contributed by atoms with Crippen LogP contribution in [0, 0.1) is 10.1 Å². The van der Waals surface area contributed by atoms with Gasteiger partial charge in [-0.3, -0.25) is 10.1 Å². The fourth-order valence-electron chi connectivity index (χ4n) is 2.04. The van der Waals surface area contributed by atoms with Crippen LogP contribution >= 0.6 is 11.6 Å². The largest absolute Gasteiger partial charge is 0.491 e. The van der Waals surface area contributed by atoms with Gasteiger partial charge in [-0.05, 0) is 6.07 Å². The average Bonchev–Trinajstić information content (AvgIpc) is 2.49. The fourth-order valence-corrected chi connectivity index (χ4v) is 2.29. The van der Waals surface area contributed by atoms with Crippen LogP contribution in [0.25, 0.3) is 0 Å². The number of hydrogen-bond donors (Lipinski definition) is 1. The molecule has 0 unspecified atom stereocenters. The molecule has 2 aromatic carbocycles. The minimum Gasteiger partial charge on any atom is -0.491 e. The first kappa shape index (κ1) is 15.3. The Balaban J connectivity index is 2.07. The summed E-state index contributed by atoms with van der Waals surface area (Å²) in [5.74, 6) is 0.542. The number of nitro benzene ring substituents is 1. The Labute approximate surface area is 127 Å². The van der Waals surface area contributed by atoms with E-state index in [1.54, 1.807) is 30.3 Å². The maximum Gasteiger partial charge on any atom is 0.272 e. The van der Waals surface area contributed by atoms with Crippen LogP contribution in [0.15, 0.2) is 42.5 Å². The normalized spacial score (nSPS) is 10.4. The van der Waals surface area contributed by atoms with E-state index in [0.29, 0.717) is 35.9 Å². The Hall–Kier alpha value is -2.11. The molecule has 0 aliphatic carbocycles. The van der Waals surface area contributed by atoms with E-state index in [9.17, 15) is 10.1 Å². The molecule has 2 N–H and O–H groups in total. The van der Waals surface area contributed by atoms with E-state index in [2.05, 4.69) is 0 Å². The zero-order valence-electron chi connectivity index (χ0n) is 11.3. The molecule has 0 saturated heterocycles. The van der Waals surface area contributed by atoms with Crippen molar-refractivity contribution in [1.82, 2.24) is 0 Å². The molecule has 0 amide bonds. The summed E-state index contributed by atoms with van der Waals surface area (Å²) in [5.41, 5.74) is 7.17. The van der Waals surface area contributed by atoms with E-state index in [1.807, 2.05) is 6.07 Å². The monoisotopic (exact) mass is 306 g/mol. The van der Waals surface area contributed by atoms with Crippen LogP contribution in [-0.2, 0) is 13.0 Å². The van der Waals surface area contributed by atoms with Crippen molar-refractivity contribution in [3.8, 4) is 5.75 Å². The van der Waals surface area contributed by atoms with Gasteiger partial charge >= 0.3 is 0 Å². The van der Waals surface area contributed by atoms with Crippen molar-refractivity contribution in [2.24, 2.45) is 5.73 Å². The number of halogens is 1. The lowest BCUT2D eigenvalue weighted by Crippen LogP contribution is -2.07. The highest BCUT2D eigenvalue weighted by Crippen LogP contribution is 2.28. The Kier molecular flexibility index (Phi) is 5.14. The summed E-state index contributed by atoms with van der Waals surface area (Å²) in [4.78, 5) is 10.5. The number of hydrogen-bond acceptors (Lipinski definition) is 4. The third kappa shape index (κ3) is 3.71. The van der Waals surface area contributed by atoms with E-state index < -0.39 is 4.92 Å². The van der Waals surface area contributed by atoms with Crippen molar-refractivity contribution in [1.29, 1.82) is 0 Å². The van der Waals surface area contributed by atoms with Crippen LogP contribution in [0.3, 0.4) is 0 Å². The maximum absolute atomic E-state index is 10.9. The Morgan fingerprint density at radius 1 is 1.14 bits per heavy atom. The molecule has 0 aliphatic rings. The molecule has 2 rings (SSSR count). The lowest BCUT2D eigenvalue weighted by Gasteiger charge is -2.12. The van der Waals surface area contributed by atoms with Crippen molar-refractivity contribution in [3.05, 3.63) is 68.7 Å². The van der Waals surface area contributed by atoms with Gasteiger partial charge in [0.1, 0.15) is 5.75 Å². The summed E-state index contributed by atoms with van der Waals surface area (Å²) in [6, 6.07) is 12.0. The van der Waals surface area contributed by atoms with Gasteiger partial charge < -0.3 is 10.5 Å². The topological polar surface area (TPSA) is 78.4 Å². The molecule has 0 radical (unpaired) electrons. The molecule has 110 valence electrons. The van der Waals surface area contributed by atoms with E-state index in [1.165, 1.54) is 6.07 Å². The highest BCUT2D eigenvalue weighted by molar-refractivity contribution is 6.32. The summed E-state index contributed by atoms with van der Waals surface area (Å²) >= 11 is 6.08. The van der Waals surface area contributed by atoms with Crippen molar-refractivity contribution >= 4 is 17.3 Å². The summed E-state index contributed by atoms with van der Waals surface area (Å²) < 4.78 is 5.66. The van der Waals surface area contributed by atoms with Crippen LogP contribution in [-0.4, -0.2) is 11.5 Å². The first-order valence-corrected chi connectivity index (χ1v) is 6.84. The van der Waals surface area contributed by atoms with Crippen molar-refractivity contribution < 1.29 is 9.66 Å². The third-order valence-corrected chi connectivity index (χ3v) is 3.37. The van der Waals surface area contributed by atoms with Gasteiger partial charge in [0.05, 0.1) is 16.6 Å². The highest BCUT2D eigenvalue weighted by Gasteiger charge is 2.13. The molecular weight excluding hydrogens is 292 g/mol. The number of nitrogens with zero attached hydrogens (tertiary/aromatic N) is 1. The number of nitro groups is 1. The number of rotatable bonds is 6. The smallest absolute Gasteiger partial charge is 0.272 e. The molecule has 0 bridgehead atoms. The van der Waals surface area contributed by atoms with Gasteiger partial charge in [0.2, 0.25) is 0 Å². The summed E-state index contributed by atoms with van der Waals surface area (Å²) in [6.45, 7) is 0.614. The molecule has 0 fully saturated rings. The zero-order chi connectivity index (χ0) is 15.2. The molecule has 0 heterocycles. The third-order valence-electron chi connectivity index (χ3n) is 3.07. The zero-order valence-corrected chi connectivity index (χ0v) is 12.0. The lowest BCUT2D eigenvalue weighted by molar-refractivity contribution is -0.385. The fraction of sp³-hybridized carbons (Fsp3) is 0.200. The van der Waals surface area contributed by atoms with E-state index in [0.717, 1.165) is 5.56 Å². The Morgan fingerprint density at radius 2 is 1.86 bits per heavy atom. The first-order valence-electron chi connectivity index (χ1n) is 6.46. The number of benzene rings is 2. The van der Waals surface area contributed by atoms with Crippen LogP contribution in [0.5, 0.6) is 5.75 Å². The van der Waals surface area contributed by atoms with E-state index in [4.69, 9.17) is 22.1 Å². The lowest BCUT2D eigenvalue weighted by atomic mass is 10.1. The Morgan fingerprint density at radius 3 is 2.57 bits per heavy atom. The molecule has 5 nitrogen and oxygen atoms in total. The van der Waals surface area contributed by atoms with Crippen molar-refractivity contribution in [3.63, 3.8) is 0 Å². The molecule has 0 aliphatic heterocycles. The van der Waals surface area contributed by atoms with Gasteiger partial charge in [0.25, 0.3) is 5.69 Å². The molecule has 0 aromatic heterocycles. The van der Waals surface area contributed by atoms with Gasteiger partial charge in [0.15, 0.2) is 0 Å². The molecule has 0 saturated carbocycles. The van der Waals surface area contributed by atoms with Crippen molar-refractivity contribution in [2.75, 3.05) is 6.61 Å². The second-order valence-corrected chi connectivity index (χ2v) is 4.82. The maximum atomic E-state index is 10.9. The predicted octanol–water partition coefficient (Wildman–Crippen LogP) is 3.33. The van der Waals surface area contributed by atoms with Crippen molar-refractivity contribution in [2.45, 2.75) is 13.0 Å². The van der Waals surface area contributed by atoms with Gasteiger partial charge in [0, 0.05) is 30.2 Å². The van der Waals surface area contributed by atoms with Crippen LogP contribution in [0.1, 0.15) is 11.1 Å². The highest BCUT2D eigenvalue weighted by atomic mass is 35.5. The van der Waals surface area contributed by atoms with E-state index in [-0.39, 0.29) is 5.69 Å². The quantitative estimate of drug-likeness (QED) is 0.656. The van der Waals surface area contributed by atoms with Gasteiger partial charge in [-0.25, -0.2) is 0 Å². The van der Waals surface area contributed by atoms with Crippen LogP contribution < -0.4 is 10.5 Å². The van der Waals surface area contributed by atoms with Gasteiger partial charge in [-0.1, -0.05) is 41.9 Å². The number of nitrogens with two attached hydrogens (primary N) is 1. The molecule has 0 spiro atoms. The average molecular weight is 307 g/mol. The number of ether oxygens (including phenoxy) is 1. The van der Waals surface area contributed by atoms with Gasteiger partial charge in [-0.2, -0.15) is 0 Å². The van der Waals surface area contributed by atoms with E-state index >= 15 is 0 Å². The van der Waals surface area contributed by atoms with Crippen LogP contribution in [0.2, 0.25) is 5.02 Å². The first-order chi connectivity index (χ1) is 10.1. The number of para-hydroxylation sites is 2. The predicted molar refractivity (Wildman–Crippen MR) is 81.6 cm³/mol. The van der Waals surface area contributed by atoms with Crippen LogP contribution in [0.4, 0.5) is 5.69 Å².